The number of phenols is 1. The number of anilines is 2. The van der Waals surface area contributed by atoms with Gasteiger partial charge in [-0.1, -0.05) is 28.1 Å². The van der Waals surface area contributed by atoms with Crippen molar-refractivity contribution in [1.82, 2.24) is 0 Å². The Morgan fingerprint density at radius 1 is 1.21 bits per heavy atom. The van der Waals surface area contributed by atoms with Gasteiger partial charge in [0, 0.05) is 10.2 Å². The van der Waals surface area contributed by atoms with Crippen LogP contribution < -0.4 is 11.1 Å². The summed E-state index contributed by atoms with van der Waals surface area (Å²) in [6, 6.07) is 12.0. The molecule has 0 bridgehead atoms. The van der Waals surface area contributed by atoms with Crippen LogP contribution in [0.2, 0.25) is 0 Å². The normalized spacial score (nSPS) is 10.2. The largest absolute Gasteiger partial charge is 0.506 e. The summed E-state index contributed by atoms with van der Waals surface area (Å²) in [5.41, 5.74) is 7.49. The van der Waals surface area contributed by atoms with E-state index in [4.69, 9.17) is 5.73 Å². The molecule has 4 N–H and O–H groups in total. The van der Waals surface area contributed by atoms with Crippen LogP contribution in [-0.4, -0.2) is 11.0 Å². The van der Waals surface area contributed by atoms with Crippen LogP contribution in [0.3, 0.4) is 0 Å². The van der Waals surface area contributed by atoms with E-state index in [1.807, 2.05) is 0 Å². The molecule has 0 radical (unpaired) electrons. The number of nitrogens with one attached hydrogen (secondary N) is 1. The molecular formula is C14H13BrN2O2. The standard InChI is InChI=1S/C14H13BrN2O2/c15-10-3-6-13(18)12(8-10)17-14(19)7-9-1-4-11(16)5-2-9/h1-6,8,18H,7,16H2,(H,17,19). The predicted octanol–water partition coefficient (Wildman–Crippen LogP) is 2.92. The zero-order chi connectivity index (χ0) is 13.8. The average molecular weight is 321 g/mol. The van der Waals surface area contributed by atoms with Crippen molar-refractivity contribution < 1.29 is 9.90 Å². The second-order valence-electron chi connectivity index (χ2n) is 4.13. The highest BCUT2D eigenvalue weighted by atomic mass is 79.9. The van der Waals surface area contributed by atoms with Crippen molar-refractivity contribution in [1.29, 1.82) is 0 Å². The van der Waals surface area contributed by atoms with Gasteiger partial charge in [-0.15, -0.1) is 0 Å². The third-order valence-electron chi connectivity index (χ3n) is 2.58. The van der Waals surface area contributed by atoms with Crippen molar-refractivity contribution in [3.8, 4) is 5.75 Å². The number of hydrogen-bond donors (Lipinski definition) is 3. The van der Waals surface area contributed by atoms with Gasteiger partial charge in [0.1, 0.15) is 5.75 Å². The number of halogens is 1. The van der Waals surface area contributed by atoms with Gasteiger partial charge in [-0.25, -0.2) is 0 Å². The summed E-state index contributed by atoms with van der Waals surface area (Å²) in [5, 5.41) is 12.3. The zero-order valence-corrected chi connectivity index (χ0v) is 11.6. The van der Waals surface area contributed by atoms with Gasteiger partial charge in [-0.2, -0.15) is 0 Å². The number of hydrogen-bond acceptors (Lipinski definition) is 3. The molecular weight excluding hydrogens is 308 g/mol. The highest BCUT2D eigenvalue weighted by molar-refractivity contribution is 9.10. The van der Waals surface area contributed by atoms with Gasteiger partial charge in [0.2, 0.25) is 5.91 Å². The minimum absolute atomic E-state index is 0.0360. The van der Waals surface area contributed by atoms with Crippen LogP contribution in [-0.2, 0) is 11.2 Å². The maximum Gasteiger partial charge on any atom is 0.228 e. The first kappa shape index (κ1) is 13.4. The lowest BCUT2D eigenvalue weighted by Gasteiger charge is -2.08. The van der Waals surface area contributed by atoms with E-state index in [1.54, 1.807) is 36.4 Å². The Labute approximate surface area is 119 Å². The van der Waals surface area contributed by atoms with Crippen LogP contribution in [0.25, 0.3) is 0 Å². The lowest BCUT2D eigenvalue weighted by Crippen LogP contribution is -2.14. The second-order valence-corrected chi connectivity index (χ2v) is 5.04. The van der Waals surface area contributed by atoms with E-state index >= 15 is 0 Å². The summed E-state index contributed by atoms with van der Waals surface area (Å²) in [6.07, 6.45) is 0.228. The Morgan fingerprint density at radius 3 is 2.58 bits per heavy atom. The number of rotatable bonds is 3. The summed E-state index contributed by atoms with van der Waals surface area (Å²) in [6.45, 7) is 0. The molecule has 0 unspecified atom stereocenters. The monoisotopic (exact) mass is 320 g/mol. The summed E-state index contributed by atoms with van der Waals surface area (Å²) >= 11 is 3.28. The van der Waals surface area contributed by atoms with Crippen LogP contribution in [0.15, 0.2) is 46.9 Å². The molecule has 1 amide bonds. The minimum atomic E-state index is -0.196. The Bertz CT molecular complexity index is 597. The number of aromatic hydroxyl groups is 1. The van der Waals surface area contributed by atoms with Gasteiger partial charge in [0.05, 0.1) is 12.1 Å². The quantitative estimate of drug-likeness (QED) is 0.601. The third kappa shape index (κ3) is 3.72. The first-order valence-corrected chi connectivity index (χ1v) is 6.46. The molecule has 0 atom stereocenters. The molecule has 2 aromatic carbocycles. The highest BCUT2D eigenvalue weighted by Gasteiger charge is 2.07. The molecule has 0 aromatic heterocycles. The van der Waals surface area contributed by atoms with Crippen molar-refractivity contribution >= 4 is 33.2 Å². The van der Waals surface area contributed by atoms with Crippen LogP contribution in [0.1, 0.15) is 5.56 Å². The van der Waals surface area contributed by atoms with Gasteiger partial charge in [0.25, 0.3) is 0 Å². The lowest BCUT2D eigenvalue weighted by atomic mass is 10.1. The molecule has 19 heavy (non-hydrogen) atoms. The Balaban J connectivity index is 2.05. The first-order chi connectivity index (χ1) is 9.04. The molecule has 0 spiro atoms. The maximum absolute atomic E-state index is 11.9. The number of carbonyl (C=O) groups is 1. The molecule has 4 nitrogen and oxygen atoms in total. The topological polar surface area (TPSA) is 75.4 Å². The second kappa shape index (κ2) is 5.75. The number of phenolic OH excluding ortho intramolecular Hbond substituents is 1. The average Bonchev–Trinajstić information content (AvgIpc) is 2.37. The molecule has 0 aliphatic heterocycles. The number of carbonyl (C=O) groups excluding carboxylic acids is 1. The van der Waals surface area contributed by atoms with Crippen molar-refractivity contribution in [2.24, 2.45) is 0 Å². The Hall–Kier alpha value is -2.01. The van der Waals surface area contributed by atoms with Crippen molar-refractivity contribution in [3.63, 3.8) is 0 Å². The molecule has 0 aliphatic carbocycles. The molecule has 0 saturated carbocycles. The van der Waals surface area contributed by atoms with E-state index in [9.17, 15) is 9.90 Å². The van der Waals surface area contributed by atoms with E-state index in [0.717, 1.165) is 10.0 Å². The molecule has 5 heteroatoms. The van der Waals surface area contributed by atoms with Crippen molar-refractivity contribution in [2.45, 2.75) is 6.42 Å². The Morgan fingerprint density at radius 2 is 1.89 bits per heavy atom. The van der Waals surface area contributed by atoms with E-state index in [2.05, 4.69) is 21.2 Å². The van der Waals surface area contributed by atoms with Crippen molar-refractivity contribution in [2.75, 3.05) is 11.1 Å². The predicted molar refractivity (Wildman–Crippen MR) is 79.0 cm³/mol. The van der Waals surface area contributed by atoms with E-state index in [-0.39, 0.29) is 18.1 Å². The maximum atomic E-state index is 11.9. The summed E-state index contributed by atoms with van der Waals surface area (Å²) in [7, 11) is 0. The van der Waals surface area contributed by atoms with E-state index < -0.39 is 0 Å². The smallest absolute Gasteiger partial charge is 0.228 e. The van der Waals surface area contributed by atoms with E-state index in [1.165, 1.54) is 6.07 Å². The number of nitrogen functional groups attached to an aromatic ring is 1. The molecule has 0 heterocycles. The summed E-state index contributed by atoms with van der Waals surface area (Å²) in [4.78, 5) is 11.9. The SMILES string of the molecule is Nc1ccc(CC(=O)Nc2cc(Br)ccc2O)cc1. The summed E-state index contributed by atoms with van der Waals surface area (Å²) < 4.78 is 0.785. The van der Waals surface area contributed by atoms with Gasteiger partial charge < -0.3 is 16.2 Å². The number of amides is 1. The Kier molecular flexibility index (Phi) is 4.06. The molecule has 0 saturated heterocycles. The molecule has 0 aliphatic rings. The fraction of sp³-hybridized carbons (Fsp3) is 0.0714. The fourth-order valence-electron chi connectivity index (χ4n) is 1.62. The zero-order valence-electron chi connectivity index (χ0n) is 10.1. The van der Waals surface area contributed by atoms with Gasteiger partial charge in [-0.3, -0.25) is 4.79 Å². The van der Waals surface area contributed by atoms with Crippen LogP contribution in [0.5, 0.6) is 5.75 Å². The lowest BCUT2D eigenvalue weighted by molar-refractivity contribution is -0.115. The minimum Gasteiger partial charge on any atom is -0.506 e. The van der Waals surface area contributed by atoms with Gasteiger partial charge in [-0.05, 0) is 35.9 Å². The molecule has 2 aromatic rings. The van der Waals surface area contributed by atoms with Crippen LogP contribution in [0.4, 0.5) is 11.4 Å². The van der Waals surface area contributed by atoms with Gasteiger partial charge >= 0.3 is 0 Å². The summed E-state index contributed by atoms with van der Waals surface area (Å²) in [5.74, 6) is -0.160. The van der Waals surface area contributed by atoms with E-state index in [0.29, 0.717) is 11.4 Å². The molecule has 98 valence electrons. The number of nitrogens with two attached hydrogens (primary N) is 1. The molecule has 2 rings (SSSR count). The van der Waals surface area contributed by atoms with Gasteiger partial charge in [0.15, 0.2) is 0 Å². The van der Waals surface area contributed by atoms with Crippen LogP contribution >= 0.6 is 15.9 Å². The van der Waals surface area contributed by atoms with Crippen molar-refractivity contribution in [3.05, 3.63) is 52.5 Å². The first-order valence-electron chi connectivity index (χ1n) is 5.67. The van der Waals surface area contributed by atoms with Crippen LogP contribution in [0, 0.1) is 0 Å². The highest BCUT2D eigenvalue weighted by Crippen LogP contribution is 2.26. The third-order valence-corrected chi connectivity index (χ3v) is 3.07. The fourth-order valence-corrected chi connectivity index (χ4v) is 1.98. The number of benzene rings is 2. The molecule has 0 fully saturated rings.